The van der Waals surface area contributed by atoms with Crippen molar-refractivity contribution in [3.63, 3.8) is 0 Å². The topological polar surface area (TPSA) is 8.17 Å². The normalized spacial score (nSPS) is 11.5. The predicted octanol–water partition coefficient (Wildman–Crippen LogP) is 14.0. The molecule has 0 amide bonds. The summed E-state index contributed by atoms with van der Waals surface area (Å²) in [6, 6.07) is 70.2. The Kier molecular flexibility index (Phi) is 7.04. The van der Waals surface area contributed by atoms with Gasteiger partial charge in [0, 0.05) is 37.9 Å². The summed E-state index contributed by atoms with van der Waals surface area (Å²) in [5, 5.41) is 5.01. The van der Waals surface area contributed by atoms with E-state index in [0.717, 1.165) is 17.1 Å². The Labute approximate surface area is 300 Å². The quantitative estimate of drug-likeness (QED) is 0.171. The van der Waals surface area contributed by atoms with E-state index >= 15 is 0 Å². The van der Waals surface area contributed by atoms with Crippen LogP contribution in [-0.4, -0.2) is 4.57 Å². The van der Waals surface area contributed by atoms with Crippen molar-refractivity contribution in [3.05, 3.63) is 194 Å². The summed E-state index contributed by atoms with van der Waals surface area (Å²) in [7, 11) is 0. The van der Waals surface area contributed by atoms with E-state index in [2.05, 4.69) is 204 Å². The van der Waals surface area contributed by atoms with Crippen LogP contribution in [0.15, 0.2) is 194 Å². The average molecular weight is 669 g/mol. The lowest BCUT2D eigenvalue weighted by Crippen LogP contribution is -2.10. The van der Waals surface area contributed by atoms with E-state index in [1.54, 1.807) is 0 Å². The second-order valence-corrected chi connectivity index (χ2v) is 14.0. The second kappa shape index (κ2) is 12.2. The first kappa shape index (κ1) is 29.5. The standard InChI is InChI=1S/C48H32N2S/c1-3-14-33(15-4-1)34-28-30-38(31-29-34)49(44-27-12-17-35-16-7-8-22-40(35)44)39-21-11-18-36(32-39)41-24-13-25-43-46-48(51-47(41)43)42-23-9-10-26-45(42)50(46)37-19-5-2-6-20-37/h1-32H. The maximum Gasteiger partial charge on any atom is 0.0727 e. The van der Waals surface area contributed by atoms with Crippen molar-refractivity contribution in [2.75, 3.05) is 4.90 Å². The molecule has 0 aliphatic heterocycles. The first-order chi connectivity index (χ1) is 25.3. The van der Waals surface area contributed by atoms with E-state index in [1.165, 1.54) is 69.9 Å². The highest BCUT2D eigenvalue weighted by Gasteiger charge is 2.21. The minimum absolute atomic E-state index is 1.12. The molecular weight excluding hydrogens is 637 g/mol. The fourth-order valence-corrected chi connectivity index (χ4v) is 9.00. The van der Waals surface area contributed by atoms with Crippen molar-refractivity contribution in [1.82, 2.24) is 4.57 Å². The van der Waals surface area contributed by atoms with Crippen LogP contribution in [0.1, 0.15) is 0 Å². The molecule has 0 atom stereocenters. The Hall–Kier alpha value is -6.42. The zero-order valence-corrected chi connectivity index (χ0v) is 28.6. The van der Waals surface area contributed by atoms with Crippen LogP contribution in [0.2, 0.25) is 0 Å². The van der Waals surface area contributed by atoms with Gasteiger partial charge in [0.15, 0.2) is 0 Å². The Bertz CT molecular complexity index is 2840. The van der Waals surface area contributed by atoms with Gasteiger partial charge in [-0.3, -0.25) is 0 Å². The van der Waals surface area contributed by atoms with Gasteiger partial charge in [0.25, 0.3) is 0 Å². The van der Waals surface area contributed by atoms with Crippen molar-refractivity contribution < 1.29 is 0 Å². The average Bonchev–Trinajstić information content (AvgIpc) is 3.74. The minimum Gasteiger partial charge on any atom is -0.310 e. The highest BCUT2D eigenvalue weighted by molar-refractivity contribution is 7.27. The summed E-state index contributed by atoms with van der Waals surface area (Å²) < 4.78 is 5.06. The van der Waals surface area contributed by atoms with E-state index in [1.807, 2.05) is 11.3 Å². The van der Waals surface area contributed by atoms with E-state index in [9.17, 15) is 0 Å². The number of thiophene rings is 1. The number of nitrogens with zero attached hydrogens (tertiary/aromatic N) is 2. The van der Waals surface area contributed by atoms with E-state index in [0.29, 0.717) is 0 Å². The third kappa shape index (κ3) is 4.93. The van der Waals surface area contributed by atoms with Crippen LogP contribution in [0.5, 0.6) is 0 Å². The van der Waals surface area contributed by atoms with Crippen LogP contribution in [0, 0.1) is 0 Å². The van der Waals surface area contributed by atoms with Crippen molar-refractivity contribution in [2.24, 2.45) is 0 Å². The van der Waals surface area contributed by atoms with Crippen LogP contribution in [0.3, 0.4) is 0 Å². The molecule has 0 N–H and O–H groups in total. The molecule has 0 fully saturated rings. The molecule has 2 heterocycles. The molecule has 10 rings (SSSR count). The van der Waals surface area contributed by atoms with Crippen LogP contribution in [0.25, 0.3) is 69.9 Å². The van der Waals surface area contributed by atoms with Gasteiger partial charge in [0.05, 0.1) is 21.4 Å². The maximum atomic E-state index is 2.44. The number of rotatable bonds is 6. The Morgan fingerprint density at radius 2 is 1.04 bits per heavy atom. The van der Waals surface area contributed by atoms with E-state index in [-0.39, 0.29) is 0 Å². The minimum atomic E-state index is 1.12. The van der Waals surface area contributed by atoms with Crippen LogP contribution < -0.4 is 4.90 Å². The molecule has 0 radical (unpaired) electrons. The first-order valence-corrected chi connectivity index (χ1v) is 18.2. The molecule has 51 heavy (non-hydrogen) atoms. The summed E-state index contributed by atoms with van der Waals surface area (Å²) in [5.41, 5.74) is 11.9. The molecule has 0 saturated heterocycles. The molecule has 0 bridgehead atoms. The summed E-state index contributed by atoms with van der Waals surface area (Å²) >= 11 is 1.90. The first-order valence-electron chi connectivity index (χ1n) is 17.4. The van der Waals surface area contributed by atoms with Gasteiger partial charge in [-0.15, -0.1) is 11.3 Å². The third-order valence-corrected chi connectivity index (χ3v) is 11.2. The lowest BCUT2D eigenvalue weighted by molar-refractivity contribution is 1.19. The van der Waals surface area contributed by atoms with Gasteiger partial charge < -0.3 is 9.47 Å². The summed E-state index contributed by atoms with van der Waals surface area (Å²) in [4.78, 5) is 2.41. The lowest BCUT2D eigenvalue weighted by Gasteiger charge is -2.27. The van der Waals surface area contributed by atoms with Gasteiger partial charge in [-0.2, -0.15) is 0 Å². The Morgan fingerprint density at radius 1 is 0.412 bits per heavy atom. The second-order valence-electron chi connectivity index (χ2n) is 12.9. The van der Waals surface area contributed by atoms with Gasteiger partial charge >= 0.3 is 0 Å². The molecule has 0 spiro atoms. The fourth-order valence-electron chi connectivity index (χ4n) is 7.64. The van der Waals surface area contributed by atoms with Crippen LogP contribution in [0.4, 0.5) is 17.1 Å². The zero-order valence-electron chi connectivity index (χ0n) is 27.8. The van der Waals surface area contributed by atoms with Crippen molar-refractivity contribution in [2.45, 2.75) is 0 Å². The summed E-state index contributed by atoms with van der Waals surface area (Å²) in [6.07, 6.45) is 0. The monoisotopic (exact) mass is 668 g/mol. The number of fused-ring (bicyclic) bond motifs is 6. The maximum absolute atomic E-state index is 2.44. The largest absolute Gasteiger partial charge is 0.310 e. The van der Waals surface area contributed by atoms with Gasteiger partial charge in [0.2, 0.25) is 0 Å². The Morgan fingerprint density at radius 3 is 1.88 bits per heavy atom. The summed E-state index contributed by atoms with van der Waals surface area (Å²) in [5.74, 6) is 0. The molecule has 2 nitrogen and oxygen atoms in total. The van der Waals surface area contributed by atoms with Crippen LogP contribution >= 0.6 is 11.3 Å². The van der Waals surface area contributed by atoms with E-state index in [4.69, 9.17) is 0 Å². The number of aromatic nitrogens is 1. The fraction of sp³-hybridized carbons (Fsp3) is 0. The molecule has 10 aromatic rings. The van der Waals surface area contributed by atoms with Crippen LogP contribution in [-0.2, 0) is 0 Å². The van der Waals surface area contributed by atoms with Gasteiger partial charge in [-0.1, -0.05) is 146 Å². The third-order valence-electron chi connectivity index (χ3n) is 9.97. The molecule has 0 aliphatic rings. The molecule has 2 aromatic heterocycles. The van der Waals surface area contributed by atoms with Crippen molar-refractivity contribution in [3.8, 4) is 27.9 Å². The molecule has 0 saturated carbocycles. The smallest absolute Gasteiger partial charge is 0.0727 e. The predicted molar refractivity (Wildman–Crippen MR) is 219 cm³/mol. The SMILES string of the molecule is c1ccc(-c2ccc(N(c3cccc(-c4cccc5c4sc4c6ccccc6n(-c6ccccc6)c54)c3)c3cccc4ccccc34)cc2)cc1. The van der Waals surface area contributed by atoms with Gasteiger partial charge in [-0.05, 0) is 76.2 Å². The van der Waals surface area contributed by atoms with Crippen molar-refractivity contribution in [1.29, 1.82) is 0 Å². The molecule has 8 aromatic carbocycles. The summed E-state index contributed by atoms with van der Waals surface area (Å²) in [6.45, 7) is 0. The molecule has 3 heteroatoms. The molecule has 240 valence electrons. The lowest BCUT2D eigenvalue weighted by atomic mass is 10.0. The number of anilines is 3. The highest BCUT2D eigenvalue weighted by Crippen LogP contribution is 2.47. The molecule has 0 unspecified atom stereocenters. The molecular formula is C48H32N2S. The Balaban J connectivity index is 1.16. The molecule has 0 aliphatic carbocycles. The number of hydrogen-bond acceptors (Lipinski definition) is 2. The highest BCUT2D eigenvalue weighted by atomic mass is 32.1. The number of hydrogen-bond donors (Lipinski definition) is 0. The van der Waals surface area contributed by atoms with Crippen molar-refractivity contribution >= 4 is 70.4 Å². The zero-order chi connectivity index (χ0) is 33.7. The van der Waals surface area contributed by atoms with E-state index < -0.39 is 0 Å². The number of para-hydroxylation sites is 2. The number of benzene rings is 8. The van der Waals surface area contributed by atoms with Gasteiger partial charge in [-0.25, -0.2) is 0 Å². The van der Waals surface area contributed by atoms with Gasteiger partial charge in [0.1, 0.15) is 0 Å².